The lowest BCUT2D eigenvalue weighted by Crippen LogP contribution is -2.30. The number of hydrogen-bond donors (Lipinski definition) is 1. The summed E-state index contributed by atoms with van der Waals surface area (Å²) in [4.78, 5) is 16.6. The van der Waals surface area contributed by atoms with Crippen LogP contribution in [0.3, 0.4) is 0 Å². The zero-order chi connectivity index (χ0) is 20.0. The van der Waals surface area contributed by atoms with E-state index in [0.29, 0.717) is 29.2 Å². The molecule has 1 aromatic carbocycles. The first-order chi connectivity index (χ1) is 12.5. The molecule has 0 radical (unpaired) electrons. The van der Waals surface area contributed by atoms with Crippen LogP contribution in [0.1, 0.15) is 34.6 Å². The van der Waals surface area contributed by atoms with Crippen LogP contribution in [0.2, 0.25) is 5.02 Å². The van der Waals surface area contributed by atoms with Gasteiger partial charge in [0.25, 0.3) is 0 Å². The maximum Gasteiger partial charge on any atom is 0.433 e. The standard InChI is InChI=1S/C16H13ClF4N4O2/c1-25-12(16(19,20)21)7-11(23-25)13(26)27-24-14(22)15(4-5-15)9-6-8(18)2-3-10(9)17/h2-3,6-7H,4-5H2,1H3,(H2,22,24). The number of aromatic nitrogens is 2. The molecule has 0 unspecified atom stereocenters. The number of halogens is 5. The number of aryl methyl sites for hydroxylation is 1. The number of carbonyl (C=O) groups is 1. The van der Waals surface area contributed by atoms with E-state index in [1.165, 1.54) is 18.2 Å². The van der Waals surface area contributed by atoms with Crippen molar-refractivity contribution in [3.63, 3.8) is 0 Å². The van der Waals surface area contributed by atoms with E-state index >= 15 is 0 Å². The van der Waals surface area contributed by atoms with Gasteiger partial charge in [0.1, 0.15) is 11.5 Å². The van der Waals surface area contributed by atoms with Crippen molar-refractivity contribution in [3.8, 4) is 0 Å². The van der Waals surface area contributed by atoms with Gasteiger partial charge in [0.15, 0.2) is 11.5 Å². The molecule has 144 valence electrons. The Morgan fingerprint density at radius 3 is 2.59 bits per heavy atom. The van der Waals surface area contributed by atoms with E-state index in [1.54, 1.807) is 0 Å². The van der Waals surface area contributed by atoms with Crippen molar-refractivity contribution in [1.82, 2.24) is 9.78 Å². The highest BCUT2D eigenvalue weighted by molar-refractivity contribution is 6.32. The predicted octanol–water partition coefficient (Wildman–Crippen LogP) is 3.39. The third-order valence-electron chi connectivity index (χ3n) is 4.29. The fourth-order valence-corrected chi connectivity index (χ4v) is 3.01. The van der Waals surface area contributed by atoms with Crippen molar-refractivity contribution in [3.05, 3.63) is 52.1 Å². The lowest BCUT2D eigenvalue weighted by Gasteiger charge is -2.16. The van der Waals surface area contributed by atoms with Gasteiger partial charge in [-0.25, -0.2) is 9.18 Å². The Bertz CT molecular complexity index is 935. The fourth-order valence-electron chi connectivity index (χ4n) is 2.71. The van der Waals surface area contributed by atoms with Crippen LogP contribution in [0.15, 0.2) is 29.4 Å². The first-order valence-electron chi connectivity index (χ1n) is 7.66. The summed E-state index contributed by atoms with van der Waals surface area (Å²) in [5.41, 5.74) is 3.72. The van der Waals surface area contributed by atoms with Gasteiger partial charge in [-0.2, -0.15) is 18.3 Å². The molecule has 0 saturated heterocycles. The monoisotopic (exact) mass is 404 g/mol. The van der Waals surface area contributed by atoms with Crippen molar-refractivity contribution in [2.75, 3.05) is 0 Å². The topological polar surface area (TPSA) is 82.5 Å². The van der Waals surface area contributed by atoms with Crippen molar-refractivity contribution in [2.45, 2.75) is 24.4 Å². The van der Waals surface area contributed by atoms with Crippen LogP contribution < -0.4 is 5.73 Å². The number of nitrogens with two attached hydrogens (primary N) is 1. The van der Waals surface area contributed by atoms with Crippen LogP contribution in [0, 0.1) is 5.82 Å². The molecule has 0 atom stereocenters. The van der Waals surface area contributed by atoms with Gasteiger partial charge in [-0.1, -0.05) is 16.8 Å². The molecule has 3 rings (SSSR count). The Hall–Kier alpha value is -2.62. The summed E-state index contributed by atoms with van der Waals surface area (Å²) < 4.78 is 52.3. The average Bonchev–Trinajstić information content (AvgIpc) is 3.29. The Balaban J connectivity index is 1.80. The molecule has 1 aliphatic rings. The zero-order valence-corrected chi connectivity index (χ0v) is 14.6. The summed E-state index contributed by atoms with van der Waals surface area (Å²) in [5.74, 6) is -1.85. The second kappa shape index (κ2) is 6.52. The second-order valence-corrected chi connectivity index (χ2v) is 6.50. The molecule has 2 aromatic rings. The number of rotatable bonds is 4. The summed E-state index contributed by atoms with van der Waals surface area (Å²) in [6, 6.07) is 4.32. The van der Waals surface area contributed by atoms with E-state index in [4.69, 9.17) is 17.3 Å². The number of oxime groups is 1. The third-order valence-corrected chi connectivity index (χ3v) is 4.62. The molecule has 0 bridgehead atoms. The van der Waals surface area contributed by atoms with E-state index < -0.39 is 34.8 Å². The number of carbonyl (C=O) groups excluding carboxylic acids is 1. The number of nitrogens with zero attached hydrogens (tertiary/aromatic N) is 3. The van der Waals surface area contributed by atoms with Gasteiger partial charge in [-0.15, -0.1) is 0 Å². The Morgan fingerprint density at radius 2 is 2.04 bits per heavy atom. The minimum absolute atomic E-state index is 0.129. The first-order valence-corrected chi connectivity index (χ1v) is 8.04. The predicted molar refractivity (Wildman–Crippen MR) is 87.6 cm³/mol. The van der Waals surface area contributed by atoms with E-state index in [1.807, 2.05) is 0 Å². The summed E-state index contributed by atoms with van der Waals surface area (Å²) in [5, 5.41) is 7.25. The maximum absolute atomic E-state index is 13.5. The summed E-state index contributed by atoms with van der Waals surface area (Å²) >= 11 is 6.08. The van der Waals surface area contributed by atoms with Crippen LogP contribution in [0.25, 0.3) is 0 Å². The third kappa shape index (κ3) is 3.61. The van der Waals surface area contributed by atoms with Crippen LogP contribution in [0.5, 0.6) is 0 Å². The zero-order valence-electron chi connectivity index (χ0n) is 13.8. The maximum atomic E-state index is 13.5. The van der Waals surface area contributed by atoms with Gasteiger partial charge in [-0.3, -0.25) is 4.68 Å². The van der Waals surface area contributed by atoms with Crippen LogP contribution in [0.4, 0.5) is 17.6 Å². The van der Waals surface area contributed by atoms with Gasteiger partial charge < -0.3 is 10.6 Å². The summed E-state index contributed by atoms with van der Waals surface area (Å²) in [7, 11) is 1.04. The van der Waals surface area contributed by atoms with E-state index in [0.717, 1.165) is 7.05 Å². The molecule has 11 heteroatoms. The van der Waals surface area contributed by atoms with Crippen molar-refractivity contribution in [1.29, 1.82) is 0 Å². The molecule has 0 amide bonds. The molecule has 1 saturated carbocycles. The molecule has 1 aliphatic carbocycles. The molecule has 2 N–H and O–H groups in total. The van der Waals surface area contributed by atoms with Crippen LogP contribution >= 0.6 is 11.6 Å². The SMILES string of the molecule is Cn1nc(C(=O)ON=C(N)C2(c3cc(F)ccc3Cl)CC2)cc1C(F)(F)F. The molecule has 1 heterocycles. The van der Waals surface area contributed by atoms with Crippen LogP contribution in [-0.4, -0.2) is 21.6 Å². The normalized spacial score (nSPS) is 16.3. The van der Waals surface area contributed by atoms with E-state index in [9.17, 15) is 22.4 Å². The molecule has 0 aliphatic heterocycles. The first kappa shape index (κ1) is 19.2. The lowest BCUT2D eigenvalue weighted by molar-refractivity contribution is -0.143. The molecular formula is C16H13ClF4N4O2. The largest absolute Gasteiger partial charge is 0.433 e. The molecule has 1 fully saturated rings. The highest BCUT2D eigenvalue weighted by atomic mass is 35.5. The molecule has 6 nitrogen and oxygen atoms in total. The summed E-state index contributed by atoms with van der Waals surface area (Å²) in [6.45, 7) is 0. The smallest absolute Gasteiger partial charge is 0.384 e. The molecule has 0 spiro atoms. The van der Waals surface area contributed by atoms with Crippen molar-refractivity contribution in [2.24, 2.45) is 17.9 Å². The minimum Gasteiger partial charge on any atom is -0.384 e. The Kier molecular flexibility index (Phi) is 4.62. The average molecular weight is 405 g/mol. The fraction of sp³-hybridized carbons (Fsp3) is 0.312. The van der Waals surface area contributed by atoms with Gasteiger partial charge in [-0.05, 0) is 36.6 Å². The summed E-state index contributed by atoms with van der Waals surface area (Å²) in [6.07, 6.45) is -3.66. The van der Waals surface area contributed by atoms with Gasteiger partial charge in [0, 0.05) is 18.1 Å². The lowest BCUT2D eigenvalue weighted by atomic mass is 9.94. The van der Waals surface area contributed by atoms with Gasteiger partial charge in [0.05, 0.1) is 5.41 Å². The molecule has 27 heavy (non-hydrogen) atoms. The molecular weight excluding hydrogens is 392 g/mol. The highest BCUT2D eigenvalue weighted by Crippen LogP contribution is 2.50. The minimum atomic E-state index is -4.67. The number of amidine groups is 1. The number of hydrogen-bond acceptors (Lipinski definition) is 4. The quantitative estimate of drug-likeness (QED) is 0.278. The van der Waals surface area contributed by atoms with E-state index in [2.05, 4.69) is 15.1 Å². The Morgan fingerprint density at radius 1 is 1.37 bits per heavy atom. The van der Waals surface area contributed by atoms with Crippen molar-refractivity contribution >= 4 is 23.4 Å². The molecule has 1 aromatic heterocycles. The number of alkyl halides is 3. The van der Waals surface area contributed by atoms with Crippen molar-refractivity contribution < 1.29 is 27.2 Å². The number of benzene rings is 1. The Labute approximate surface area is 155 Å². The second-order valence-electron chi connectivity index (χ2n) is 6.10. The van der Waals surface area contributed by atoms with Crippen LogP contribution in [-0.2, 0) is 23.5 Å². The van der Waals surface area contributed by atoms with Gasteiger partial charge >= 0.3 is 12.1 Å². The van der Waals surface area contributed by atoms with E-state index in [-0.39, 0.29) is 10.9 Å². The highest BCUT2D eigenvalue weighted by Gasteiger charge is 2.50. The van der Waals surface area contributed by atoms with Gasteiger partial charge in [0.2, 0.25) is 0 Å².